The monoisotopic (exact) mass is 383 g/mol. The minimum absolute atomic E-state index is 0.0167. The van der Waals surface area contributed by atoms with Gasteiger partial charge in [-0.05, 0) is 45.0 Å². The highest BCUT2D eigenvalue weighted by molar-refractivity contribution is 7.80. The van der Waals surface area contributed by atoms with Gasteiger partial charge in [-0.15, -0.1) is 0 Å². The lowest BCUT2D eigenvalue weighted by Gasteiger charge is -2.35. The lowest BCUT2D eigenvalue weighted by molar-refractivity contribution is 0.0978. The van der Waals surface area contributed by atoms with Gasteiger partial charge in [-0.2, -0.15) is 0 Å². The van der Waals surface area contributed by atoms with E-state index in [1.54, 1.807) is 20.7 Å². The zero-order chi connectivity index (χ0) is 17.7. The van der Waals surface area contributed by atoms with Crippen LogP contribution in [0, 0.1) is 17.7 Å². The summed E-state index contributed by atoms with van der Waals surface area (Å²) in [5.74, 6) is 0.0348. The first-order valence-electron chi connectivity index (χ1n) is 8.11. The van der Waals surface area contributed by atoms with Crippen molar-refractivity contribution in [3.8, 4) is 11.1 Å². The summed E-state index contributed by atoms with van der Waals surface area (Å²) in [4.78, 5) is 16.4. The summed E-state index contributed by atoms with van der Waals surface area (Å²) in [5.41, 5.74) is 6.21. The van der Waals surface area contributed by atoms with Gasteiger partial charge in [-0.25, -0.2) is 0 Å². The standard InChI is InChI=1S/C20H17NOS3/c1-11-4-7-14(8-5-11)19(22)21-13(3)18-17(20(23)25-24-18)15-10-12(2)6-9-16(15)21/h4-10,13H,1-3H3. The number of amides is 1. The molecule has 2 heterocycles. The normalized spacial score (nSPS) is 15.6. The second-order valence-electron chi connectivity index (χ2n) is 6.43. The Morgan fingerprint density at radius 1 is 1.04 bits per heavy atom. The van der Waals surface area contributed by atoms with Gasteiger partial charge in [-0.1, -0.05) is 62.2 Å². The number of aryl methyl sites for hydroxylation is 2. The maximum atomic E-state index is 13.3. The van der Waals surface area contributed by atoms with Crippen LogP contribution in [0.2, 0.25) is 0 Å². The summed E-state index contributed by atoms with van der Waals surface area (Å²) in [7, 11) is 3.32. The molecule has 25 heavy (non-hydrogen) atoms. The molecule has 0 spiro atoms. The average Bonchev–Trinajstić information content (AvgIpc) is 2.98. The van der Waals surface area contributed by atoms with Crippen molar-refractivity contribution in [3.63, 3.8) is 0 Å². The smallest absolute Gasteiger partial charge is 0.258 e. The third-order valence-electron chi connectivity index (χ3n) is 4.62. The number of anilines is 1. The number of carbonyl (C=O) groups excluding carboxylic acids is 1. The molecule has 1 aliphatic heterocycles. The van der Waals surface area contributed by atoms with Gasteiger partial charge in [0.2, 0.25) is 0 Å². The van der Waals surface area contributed by atoms with Gasteiger partial charge < -0.3 is 0 Å². The Morgan fingerprint density at radius 2 is 1.72 bits per heavy atom. The lowest BCUT2D eigenvalue weighted by atomic mass is 9.94. The van der Waals surface area contributed by atoms with E-state index in [2.05, 4.69) is 26.0 Å². The molecule has 1 aliphatic rings. The second kappa shape index (κ2) is 6.16. The molecule has 2 nitrogen and oxygen atoms in total. The Morgan fingerprint density at radius 3 is 2.44 bits per heavy atom. The highest BCUT2D eigenvalue weighted by atomic mass is 32.9. The van der Waals surface area contributed by atoms with Crippen LogP contribution in [-0.2, 0) is 0 Å². The topological polar surface area (TPSA) is 20.3 Å². The summed E-state index contributed by atoms with van der Waals surface area (Å²) in [6.07, 6.45) is 0. The third kappa shape index (κ3) is 2.67. The summed E-state index contributed by atoms with van der Waals surface area (Å²) in [5, 5.41) is 0. The van der Waals surface area contributed by atoms with Crippen LogP contribution < -0.4 is 4.90 Å². The van der Waals surface area contributed by atoms with Crippen molar-refractivity contribution in [1.82, 2.24) is 0 Å². The van der Waals surface area contributed by atoms with Crippen molar-refractivity contribution in [2.45, 2.75) is 26.8 Å². The Kier molecular flexibility index (Phi) is 4.10. The summed E-state index contributed by atoms with van der Waals surface area (Å²) >= 11 is 5.58. The zero-order valence-electron chi connectivity index (χ0n) is 14.2. The van der Waals surface area contributed by atoms with E-state index in [4.69, 9.17) is 12.2 Å². The molecule has 0 radical (unpaired) electrons. The number of benzene rings is 2. The number of nitrogens with zero attached hydrogens (tertiary/aromatic N) is 1. The molecule has 0 saturated heterocycles. The summed E-state index contributed by atoms with van der Waals surface area (Å²) in [6.45, 7) is 6.19. The van der Waals surface area contributed by atoms with Crippen molar-refractivity contribution in [2.75, 3.05) is 4.90 Å². The molecular formula is C20H17NOS3. The van der Waals surface area contributed by atoms with Crippen molar-refractivity contribution in [3.05, 3.63) is 67.9 Å². The molecule has 0 aliphatic carbocycles. The molecule has 4 rings (SSSR count). The molecule has 0 bridgehead atoms. The van der Waals surface area contributed by atoms with E-state index in [0.29, 0.717) is 5.56 Å². The SMILES string of the molecule is Cc1ccc(C(=O)N2c3ccc(C)cc3-c3c(ssc3=S)C2C)cc1. The third-order valence-corrected chi connectivity index (χ3v) is 7.85. The van der Waals surface area contributed by atoms with Gasteiger partial charge >= 0.3 is 0 Å². The highest BCUT2D eigenvalue weighted by Crippen LogP contribution is 2.49. The molecule has 5 heteroatoms. The van der Waals surface area contributed by atoms with Gasteiger partial charge in [-0.3, -0.25) is 9.69 Å². The van der Waals surface area contributed by atoms with Crippen molar-refractivity contribution in [2.24, 2.45) is 0 Å². The molecule has 1 unspecified atom stereocenters. The zero-order valence-corrected chi connectivity index (χ0v) is 16.6. The van der Waals surface area contributed by atoms with Gasteiger partial charge in [0.1, 0.15) is 3.82 Å². The number of hydrogen-bond donors (Lipinski definition) is 0. The van der Waals surface area contributed by atoms with E-state index >= 15 is 0 Å². The van der Waals surface area contributed by atoms with Crippen LogP contribution in [0.25, 0.3) is 11.1 Å². The summed E-state index contributed by atoms with van der Waals surface area (Å²) in [6, 6.07) is 14.0. The number of fused-ring (bicyclic) bond motifs is 3. The van der Waals surface area contributed by atoms with Crippen LogP contribution in [0.15, 0.2) is 42.5 Å². The van der Waals surface area contributed by atoms with Crippen LogP contribution in [0.4, 0.5) is 5.69 Å². The van der Waals surface area contributed by atoms with E-state index in [1.165, 1.54) is 10.4 Å². The molecule has 0 N–H and O–H groups in total. The maximum absolute atomic E-state index is 13.3. The van der Waals surface area contributed by atoms with Gasteiger partial charge in [0.25, 0.3) is 5.91 Å². The molecule has 0 fully saturated rings. The first-order valence-corrected chi connectivity index (χ1v) is 10.7. The second-order valence-corrected chi connectivity index (χ2v) is 9.28. The molecule has 2 aromatic carbocycles. The van der Waals surface area contributed by atoms with E-state index < -0.39 is 0 Å². The minimum Gasteiger partial charge on any atom is -0.300 e. The molecule has 1 aromatic heterocycles. The van der Waals surface area contributed by atoms with Crippen LogP contribution in [0.1, 0.15) is 39.3 Å². The molecule has 126 valence electrons. The molecule has 3 aromatic rings. The predicted octanol–water partition coefficient (Wildman–Crippen LogP) is 6.54. The first-order chi connectivity index (χ1) is 12.0. The van der Waals surface area contributed by atoms with E-state index in [0.717, 1.165) is 26.2 Å². The van der Waals surface area contributed by atoms with Gasteiger partial charge in [0.15, 0.2) is 0 Å². The lowest BCUT2D eigenvalue weighted by Crippen LogP contribution is -2.35. The fourth-order valence-corrected chi connectivity index (χ4v) is 6.37. The van der Waals surface area contributed by atoms with Crippen LogP contribution in [-0.4, -0.2) is 5.91 Å². The molecule has 1 amide bonds. The fraction of sp³-hybridized carbons (Fsp3) is 0.200. The Hall–Kier alpha value is -1.82. The van der Waals surface area contributed by atoms with Crippen LogP contribution >= 0.6 is 32.9 Å². The predicted molar refractivity (Wildman–Crippen MR) is 110 cm³/mol. The number of hydrogen-bond acceptors (Lipinski definition) is 4. The van der Waals surface area contributed by atoms with Crippen LogP contribution in [0.3, 0.4) is 0 Å². The fourth-order valence-electron chi connectivity index (χ4n) is 3.29. The van der Waals surface area contributed by atoms with Crippen molar-refractivity contribution >= 4 is 44.5 Å². The van der Waals surface area contributed by atoms with Crippen molar-refractivity contribution in [1.29, 1.82) is 0 Å². The quantitative estimate of drug-likeness (QED) is 0.351. The number of rotatable bonds is 1. The van der Waals surface area contributed by atoms with Crippen LogP contribution in [0.5, 0.6) is 0 Å². The average molecular weight is 384 g/mol. The molecule has 1 atom stereocenters. The minimum atomic E-state index is -0.0167. The number of carbonyl (C=O) groups is 1. The highest BCUT2D eigenvalue weighted by Gasteiger charge is 2.34. The maximum Gasteiger partial charge on any atom is 0.258 e. The van der Waals surface area contributed by atoms with Gasteiger partial charge in [0.05, 0.1) is 11.7 Å². The van der Waals surface area contributed by atoms with E-state index in [9.17, 15) is 4.79 Å². The van der Waals surface area contributed by atoms with E-state index in [1.807, 2.05) is 42.2 Å². The largest absolute Gasteiger partial charge is 0.300 e. The summed E-state index contributed by atoms with van der Waals surface area (Å²) < 4.78 is 0.918. The Labute approximate surface area is 159 Å². The molecule has 0 saturated carbocycles. The Bertz CT molecular complexity index is 1030. The Balaban J connectivity index is 1.91. The molecular weight excluding hydrogens is 366 g/mol. The first kappa shape index (κ1) is 16.6. The van der Waals surface area contributed by atoms with Crippen molar-refractivity contribution < 1.29 is 4.79 Å². The van der Waals surface area contributed by atoms with Gasteiger partial charge in [0, 0.05) is 21.6 Å². The van der Waals surface area contributed by atoms with E-state index in [-0.39, 0.29) is 11.9 Å².